The highest BCUT2D eigenvalue weighted by molar-refractivity contribution is 5.37. The number of hydrogen-bond acceptors (Lipinski definition) is 3. The number of hydrogen-bond donors (Lipinski definition) is 1. The van der Waals surface area contributed by atoms with Gasteiger partial charge < -0.3 is 15.0 Å². The Bertz CT molecular complexity index is 547. The van der Waals surface area contributed by atoms with Crippen LogP contribution in [0.25, 0.3) is 0 Å². The molecule has 0 aromatic heterocycles. The molecule has 1 saturated carbocycles. The molecule has 1 unspecified atom stereocenters. The van der Waals surface area contributed by atoms with E-state index in [1.807, 2.05) is 0 Å². The Morgan fingerprint density at radius 1 is 1.22 bits per heavy atom. The fourth-order valence-corrected chi connectivity index (χ4v) is 4.38. The van der Waals surface area contributed by atoms with Crippen molar-refractivity contribution in [3.8, 4) is 5.75 Å². The highest BCUT2D eigenvalue weighted by Gasteiger charge is 2.44. The van der Waals surface area contributed by atoms with E-state index < -0.39 is 0 Å². The molecule has 3 aliphatic rings. The summed E-state index contributed by atoms with van der Waals surface area (Å²) in [4.78, 5) is 2.69. The van der Waals surface area contributed by atoms with Gasteiger partial charge in [-0.15, -0.1) is 0 Å². The van der Waals surface area contributed by atoms with E-state index in [0.29, 0.717) is 11.5 Å². The Kier molecular flexibility index (Phi) is 4.33. The number of fused-ring (bicyclic) bond motifs is 1. The van der Waals surface area contributed by atoms with Gasteiger partial charge in [-0.25, -0.2) is 0 Å². The Morgan fingerprint density at radius 2 is 2.04 bits per heavy atom. The van der Waals surface area contributed by atoms with Crippen molar-refractivity contribution in [2.45, 2.75) is 51.0 Å². The maximum atomic E-state index is 5.39. The van der Waals surface area contributed by atoms with E-state index >= 15 is 0 Å². The predicted octanol–water partition coefficient (Wildman–Crippen LogP) is 3.02. The monoisotopic (exact) mass is 314 g/mol. The molecule has 1 saturated heterocycles. The van der Waals surface area contributed by atoms with Crippen molar-refractivity contribution < 1.29 is 4.74 Å². The van der Waals surface area contributed by atoms with Crippen LogP contribution in [0.4, 0.5) is 0 Å². The zero-order chi connectivity index (χ0) is 15.7. The van der Waals surface area contributed by atoms with Crippen molar-refractivity contribution >= 4 is 0 Å². The van der Waals surface area contributed by atoms with E-state index in [2.05, 4.69) is 28.4 Å². The van der Waals surface area contributed by atoms with Crippen molar-refractivity contribution in [3.05, 3.63) is 29.3 Å². The summed E-state index contributed by atoms with van der Waals surface area (Å²) in [5, 5.41) is 3.91. The zero-order valence-electron chi connectivity index (χ0n) is 14.4. The highest BCUT2D eigenvalue weighted by atomic mass is 16.5. The fourth-order valence-electron chi connectivity index (χ4n) is 4.38. The summed E-state index contributed by atoms with van der Waals surface area (Å²) in [7, 11) is 1.76. The van der Waals surface area contributed by atoms with Crippen LogP contribution in [0, 0.1) is 5.41 Å². The number of rotatable bonds is 6. The van der Waals surface area contributed by atoms with Crippen LogP contribution in [0.5, 0.6) is 5.75 Å². The van der Waals surface area contributed by atoms with Crippen LogP contribution in [0.2, 0.25) is 0 Å². The molecule has 23 heavy (non-hydrogen) atoms. The molecule has 3 nitrogen and oxygen atoms in total. The lowest BCUT2D eigenvalue weighted by molar-refractivity contribution is 0.249. The summed E-state index contributed by atoms with van der Waals surface area (Å²) < 4.78 is 5.39. The maximum absolute atomic E-state index is 5.39. The Balaban J connectivity index is 1.31. The molecule has 1 N–H and O–H groups in total. The molecule has 2 aliphatic carbocycles. The van der Waals surface area contributed by atoms with Crippen LogP contribution in [0.15, 0.2) is 18.2 Å². The van der Waals surface area contributed by atoms with Crippen molar-refractivity contribution in [1.82, 2.24) is 10.2 Å². The lowest BCUT2D eigenvalue weighted by Gasteiger charge is -2.29. The second-order valence-corrected chi connectivity index (χ2v) is 7.94. The Hall–Kier alpha value is -1.06. The maximum Gasteiger partial charge on any atom is 0.119 e. The summed E-state index contributed by atoms with van der Waals surface area (Å²) in [5.41, 5.74) is 3.60. The zero-order valence-corrected chi connectivity index (χ0v) is 14.4. The second kappa shape index (κ2) is 6.45. The smallest absolute Gasteiger partial charge is 0.119 e. The molecule has 126 valence electrons. The average molecular weight is 314 g/mol. The van der Waals surface area contributed by atoms with Crippen molar-refractivity contribution in [2.75, 3.05) is 33.3 Å². The van der Waals surface area contributed by atoms with Crippen LogP contribution >= 0.6 is 0 Å². The molecule has 1 aromatic rings. The molecule has 0 spiro atoms. The quantitative estimate of drug-likeness (QED) is 0.873. The normalized spacial score (nSPS) is 26.0. The third kappa shape index (κ3) is 3.56. The van der Waals surface area contributed by atoms with Gasteiger partial charge in [0.2, 0.25) is 0 Å². The first-order chi connectivity index (χ1) is 11.3. The van der Waals surface area contributed by atoms with E-state index in [4.69, 9.17) is 4.74 Å². The van der Waals surface area contributed by atoms with Crippen molar-refractivity contribution in [2.24, 2.45) is 5.41 Å². The molecule has 1 atom stereocenters. The van der Waals surface area contributed by atoms with Crippen molar-refractivity contribution in [3.63, 3.8) is 0 Å². The minimum absolute atomic E-state index is 0.596. The Labute approximate surface area is 140 Å². The average Bonchev–Trinajstić information content (AvgIpc) is 3.15. The van der Waals surface area contributed by atoms with Gasteiger partial charge in [-0.3, -0.25) is 0 Å². The molecule has 1 aromatic carbocycles. The third-order valence-corrected chi connectivity index (χ3v) is 6.12. The molecule has 4 rings (SSSR count). The van der Waals surface area contributed by atoms with E-state index in [0.717, 1.165) is 12.2 Å². The second-order valence-electron chi connectivity index (χ2n) is 7.94. The van der Waals surface area contributed by atoms with Gasteiger partial charge in [0, 0.05) is 19.1 Å². The topological polar surface area (TPSA) is 24.5 Å². The van der Waals surface area contributed by atoms with Crippen LogP contribution in [-0.2, 0) is 12.8 Å². The first kappa shape index (κ1) is 15.5. The van der Waals surface area contributed by atoms with Gasteiger partial charge in [-0.2, -0.15) is 0 Å². The number of methoxy groups -OCH3 is 1. The number of ether oxygens (including phenoxy) is 1. The molecular weight excluding hydrogens is 284 g/mol. The summed E-state index contributed by atoms with van der Waals surface area (Å²) >= 11 is 0. The van der Waals surface area contributed by atoms with E-state index in [-0.39, 0.29) is 0 Å². The van der Waals surface area contributed by atoms with Gasteiger partial charge in [0.15, 0.2) is 0 Å². The molecule has 1 aliphatic heterocycles. The third-order valence-electron chi connectivity index (χ3n) is 6.12. The number of benzene rings is 1. The van der Waals surface area contributed by atoms with Crippen molar-refractivity contribution in [1.29, 1.82) is 0 Å². The first-order valence-electron chi connectivity index (χ1n) is 9.38. The minimum Gasteiger partial charge on any atom is -0.497 e. The van der Waals surface area contributed by atoms with Crippen LogP contribution in [0.1, 0.15) is 43.2 Å². The first-order valence-corrected chi connectivity index (χ1v) is 9.38. The van der Waals surface area contributed by atoms with Gasteiger partial charge in [-0.1, -0.05) is 6.07 Å². The minimum atomic E-state index is 0.596. The standard InChI is InChI=1S/C20H30N2O/c1-23-19-7-5-16-4-6-18(12-17(16)13-19)21-14-20(8-9-20)15-22-10-2-3-11-22/h5,7,13,18,21H,2-4,6,8-12,14-15H2,1H3. The number of nitrogens with zero attached hydrogens (tertiary/aromatic N) is 1. The molecule has 0 radical (unpaired) electrons. The lowest BCUT2D eigenvalue weighted by Crippen LogP contribution is -2.41. The Morgan fingerprint density at radius 3 is 2.78 bits per heavy atom. The highest BCUT2D eigenvalue weighted by Crippen LogP contribution is 2.46. The fraction of sp³-hybridized carbons (Fsp3) is 0.700. The molecule has 0 amide bonds. The molecular formula is C20H30N2O. The largest absolute Gasteiger partial charge is 0.497 e. The molecule has 2 fully saturated rings. The SMILES string of the molecule is COc1ccc2c(c1)CC(NCC1(CN3CCCC3)CC1)CC2. The van der Waals surface area contributed by atoms with Crippen LogP contribution in [-0.4, -0.2) is 44.2 Å². The van der Waals surface area contributed by atoms with E-state index in [1.165, 1.54) is 75.8 Å². The van der Waals surface area contributed by atoms with E-state index in [1.54, 1.807) is 7.11 Å². The predicted molar refractivity (Wildman–Crippen MR) is 94.2 cm³/mol. The summed E-state index contributed by atoms with van der Waals surface area (Å²) in [6.45, 7) is 5.21. The van der Waals surface area contributed by atoms with Gasteiger partial charge in [0.05, 0.1) is 7.11 Å². The summed E-state index contributed by atoms with van der Waals surface area (Å²) in [6.07, 6.45) is 9.30. The van der Waals surface area contributed by atoms with Gasteiger partial charge >= 0.3 is 0 Å². The molecule has 3 heteroatoms. The van der Waals surface area contributed by atoms with Gasteiger partial charge in [-0.05, 0) is 86.7 Å². The van der Waals surface area contributed by atoms with Crippen LogP contribution < -0.4 is 10.1 Å². The lowest BCUT2D eigenvalue weighted by atomic mass is 9.88. The summed E-state index contributed by atoms with van der Waals surface area (Å²) in [6, 6.07) is 7.23. The number of aryl methyl sites for hydroxylation is 1. The van der Waals surface area contributed by atoms with Gasteiger partial charge in [0.25, 0.3) is 0 Å². The molecule has 1 heterocycles. The summed E-state index contributed by atoms with van der Waals surface area (Å²) in [5.74, 6) is 0.997. The molecule has 0 bridgehead atoms. The van der Waals surface area contributed by atoms with E-state index in [9.17, 15) is 0 Å². The van der Waals surface area contributed by atoms with Crippen LogP contribution in [0.3, 0.4) is 0 Å². The number of nitrogens with one attached hydrogen (secondary N) is 1. The van der Waals surface area contributed by atoms with Gasteiger partial charge in [0.1, 0.15) is 5.75 Å². The number of likely N-dealkylation sites (tertiary alicyclic amines) is 1.